The van der Waals surface area contributed by atoms with E-state index in [4.69, 9.17) is 31.5 Å². The molecule has 0 aliphatic carbocycles. The third-order valence-electron chi connectivity index (χ3n) is 4.85. The molecule has 1 aromatic heterocycles. The number of ether oxygens (including phenoxy) is 3. The summed E-state index contributed by atoms with van der Waals surface area (Å²) in [5.74, 6) is 0.971. The fraction of sp³-hybridized carbons (Fsp3) is 0.524. The van der Waals surface area contributed by atoms with Gasteiger partial charge in [0.1, 0.15) is 5.75 Å². The summed E-state index contributed by atoms with van der Waals surface area (Å²) in [6, 6.07) is 5.83. The zero-order chi connectivity index (χ0) is 22.8. The van der Waals surface area contributed by atoms with Gasteiger partial charge in [0.05, 0.1) is 49.6 Å². The lowest BCUT2D eigenvalue weighted by molar-refractivity contribution is -0.119. The van der Waals surface area contributed by atoms with E-state index in [2.05, 4.69) is 15.2 Å². The first-order valence-electron chi connectivity index (χ1n) is 10.4. The van der Waals surface area contributed by atoms with Gasteiger partial charge in [-0.05, 0) is 17.7 Å². The van der Waals surface area contributed by atoms with Crippen molar-refractivity contribution < 1.29 is 19.0 Å². The second kappa shape index (κ2) is 13.3. The van der Waals surface area contributed by atoms with Crippen LogP contribution in [0.2, 0.25) is 5.02 Å². The minimum absolute atomic E-state index is 0.0270. The van der Waals surface area contributed by atoms with Crippen molar-refractivity contribution in [3.63, 3.8) is 0 Å². The molecule has 1 fully saturated rings. The molecule has 1 aliphatic rings. The molecular formula is C21H29ClN4O4S2. The summed E-state index contributed by atoms with van der Waals surface area (Å²) in [4.78, 5) is 19.1. The Kier molecular flexibility index (Phi) is 10.5. The summed E-state index contributed by atoms with van der Waals surface area (Å²) < 4.78 is 17.1. The monoisotopic (exact) mass is 500 g/mol. The predicted molar refractivity (Wildman–Crippen MR) is 128 cm³/mol. The lowest BCUT2D eigenvalue weighted by Gasteiger charge is -2.33. The number of methoxy groups -OCH3 is 1. The SMILES string of the molecule is COc1ccc(CN2CCO[C@@H](CNC(=O)CSc3nc(CCOCN)cs3)C2)cc1Cl. The first kappa shape index (κ1) is 25.2. The standard InChI is InChI=1S/C21H29ClN4O4S2/c1-28-19-3-2-15(8-18(19)22)10-26-5-7-30-17(11-26)9-24-20(27)13-32-21-25-16(12-31-21)4-6-29-14-23/h2-3,8,12,17H,4-7,9-11,13-14,23H2,1H3,(H,24,27)/t17-/m0/s1. The minimum Gasteiger partial charge on any atom is -0.495 e. The number of rotatable bonds is 12. The maximum Gasteiger partial charge on any atom is 0.230 e. The Balaban J connectivity index is 1.37. The Morgan fingerprint density at radius 1 is 1.50 bits per heavy atom. The average molecular weight is 501 g/mol. The number of nitrogens with zero attached hydrogens (tertiary/aromatic N) is 2. The van der Waals surface area contributed by atoms with Gasteiger partial charge in [0.15, 0.2) is 4.34 Å². The fourth-order valence-electron chi connectivity index (χ4n) is 3.25. The molecule has 1 aromatic carbocycles. The van der Waals surface area contributed by atoms with Gasteiger partial charge in [-0.2, -0.15) is 0 Å². The van der Waals surface area contributed by atoms with Gasteiger partial charge in [-0.15, -0.1) is 11.3 Å². The average Bonchev–Trinajstić information content (AvgIpc) is 3.25. The van der Waals surface area contributed by atoms with Crippen molar-refractivity contribution >= 4 is 40.6 Å². The second-order valence-electron chi connectivity index (χ2n) is 7.22. The highest BCUT2D eigenvalue weighted by Crippen LogP contribution is 2.26. The molecule has 32 heavy (non-hydrogen) atoms. The Morgan fingerprint density at radius 3 is 3.16 bits per heavy atom. The Bertz CT molecular complexity index is 870. The molecule has 2 heterocycles. The van der Waals surface area contributed by atoms with Crippen LogP contribution >= 0.6 is 34.7 Å². The number of amides is 1. The van der Waals surface area contributed by atoms with Crippen molar-refractivity contribution in [1.29, 1.82) is 0 Å². The van der Waals surface area contributed by atoms with Crippen LogP contribution in [-0.2, 0) is 27.2 Å². The maximum atomic E-state index is 12.3. The number of benzene rings is 1. The number of morpholine rings is 1. The van der Waals surface area contributed by atoms with Crippen LogP contribution in [0, 0.1) is 0 Å². The van der Waals surface area contributed by atoms with Crippen molar-refractivity contribution in [2.24, 2.45) is 5.73 Å². The van der Waals surface area contributed by atoms with Gasteiger partial charge < -0.3 is 25.3 Å². The van der Waals surface area contributed by atoms with Crippen LogP contribution < -0.4 is 15.8 Å². The van der Waals surface area contributed by atoms with E-state index >= 15 is 0 Å². The number of hydrogen-bond donors (Lipinski definition) is 2. The summed E-state index contributed by atoms with van der Waals surface area (Å²) in [5, 5.41) is 5.57. The van der Waals surface area contributed by atoms with Crippen molar-refractivity contribution in [2.45, 2.75) is 23.4 Å². The van der Waals surface area contributed by atoms with Gasteiger partial charge in [0.2, 0.25) is 5.91 Å². The number of thioether (sulfide) groups is 1. The number of hydrogen-bond acceptors (Lipinski definition) is 9. The molecule has 0 radical (unpaired) electrons. The van der Waals surface area contributed by atoms with Crippen molar-refractivity contribution in [1.82, 2.24) is 15.2 Å². The van der Waals surface area contributed by atoms with Gasteiger partial charge in [-0.1, -0.05) is 29.4 Å². The molecule has 11 heteroatoms. The Hall–Kier alpha value is -1.40. The second-order valence-corrected chi connectivity index (χ2v) is 9.71. The first-order chi connectivity index (χ1) is 15.6. The van der Waals surface area contributed by atoms with Crippen molar-refractivity contribution in [3.8, 4) is 5.75 Å². The summed E-state index contributed by atoms with van der Waals surface area (Å²) in [5.41, 5.74) is 7.39. The molecule has 3 N–H and O–H groups in total. The van der Waals surface area contributed by atoms with E-state index in [-0.39, 0.29) is 18.7 Å². The van der Waals surface area contributed by atoms with E-state index in [9.17, 15) is 4.79 Å². The topological polar surface area (TPSA) is 98.9 Å². The molecule has 1 atom stereocenters. The van der Waals surface area contributed by atoms with Gasteiger partial charge in [-0.3, -0.25) is 9.69 Å². The van der Waals surface area contributed by atoms with Crippen LogP contribution in [0.5, 0.6) is 5.75 Å². The predicted octanol–water partition coefficient (Wildman–Crippen LogP) is 2.39. The van der Waals surface area contributed by atoms with Crippen LogP contribution in [0.25, 0.3) is 0 Å². The molecule has 1 aliphatic heterocycles. The number of aromatic nitrogens is 1. The van der Waals surface area contributed by atoms with Gasteiger partial charge in [0, 0.05) is 38.0 Å². The maximum absolute atomic E-state index is 12.3. The molecule has 1 amide bonds. The van der Waals surface area contributed by atoms with Crippen molar-refractivity contribution in [2.75, 3.05) is 52.4 Å². The van der Waals surface area contributed by atoms with E-state index in [1.54, 1.807) is 7.11 Å². The van der Waals surface area contributed by atoms with Crippen LogP contribution in [0.4, 0.5) is 0 Å². The highest BCUT2D eigenvalue weighted by Gasteiger charge is 2.21. The third kappa shape index (κ3) is 8.18. The number of nitrogens with one attached hydrogen (secondary N) is 1. The number of carbonyl (C=O) groups is 1. The molecule has 0 spiro atoms. The lowest BCUT2D eigenvalue weighted by atomic mass is 10.1. The molecule has 2 aromatic rings. The van der Waals surface area contributed by atoms with E-state index < -0.39 is 0 Å². The number of halogens is 1. The lowest BCUT2D eigenvalue weighted by Crippen LogP contribution is -2.47. The van der Waals surface area contributed by atoms with Crippen LogP contribution in [-0.4, -0.2) is 74.3 Å². The number of thiazole rings is 1. The zero-order valence-corrected chi connectivity index (χ0v) is 20.4. The minimum atomic E-state index is -0.0413. The molecule has 3 rings (SSSR count). The fourth-order valence-corrected chi connectivity index (χ4v) is 5.24. The summed E-state index contributed by atoms with van der Waals surface area (Å²) in [6.07, 6.45) is 0.680. The highest BCUT2D eigenvalue weighted by molar-refractivity contribution is 8.01. The molecule has 0 saturated carbocycles. The quantitative estimate of drug-likeness (QED) is 0.260. The number of nitrogens with two attached hydrogens (primary N) is 1. The van der Waals surface area contributed by atoms with E-state index in [1.807, 2.05) is 23.6 Å². The van der Waals surface area contributed by atoms with E-state index in [0.29, 0.717) is 36.3 Å². The molecule has 1 saturated heterocycles. The van der Waals surface area contributed by atoms with Gasteiger partial charge in [-0.25, -0.2) is 4.98 Å². The molecule has 0 bridgehead atoms. The highest BCUT2D eigenvalue weighted by atomic mass is 35.5. The normalized spacial score (nSPS) is 16.8. The summed E-state index contributed by atoms with van der Waals surface area (Å²) in [6.45, 7) is 4.24. The summed E-state index contributed by atoms with van der Waals surface area (Å²) in [7, 11) is 1.61. The smallest absolute Gasteiger partial charge is 0.230 e. The van der Waals surface area contributed by atoms with Gasteiger partial charge >= 0.3 is 0 Å². The Labute approximate surface area is 201 Å². The number of carbonyl (C=O) groups excluding carboxylic acids is 1. The van der Waals surface area contributed by atoms with Crippen LogP contribution in [0.15, 0.2) is 27.9 Å². The third-order valence-corrected chi connectivity index (χ3v) is 7.22. The van der Waals surface area contributed by atoms with Crippen LogP contribution in [0.1, 0.15) is 11.3 Å². The first-order valence-corrected chi connectivity index (χ1v) is 12.6. The van der Waals surface area contributed by atoms with E-state index in [1.165, 1.54) is 23.1 Å². The van der Waals surface area contributed by atoms with Crippen LogP contribution in [0.3, 0.4) is 0 Å². The molecular weight excluding hydrogens is 472 g/mol. The molecule has 0 unspecified atom stereocenters. The molecule has 176 valence electrons. The molecule has 8 nitrogen and oxygen atoms in total. The largest absolute Gasteiger partial charge is 0.495 e. The summed E-state index contributed by atoms with van der Waals surface area (Å²) >= 11 is 9.21. The van der Waals surface area contributed by atoms with E-state index in [0.717, 1.165) is 41.7 Å². The Morgan fingerprint density at radius 2 is 2.38 bits per heavy atom. The van der Waals surface area contributed by atoms with Gasteiger partial charge in [0.25, 0.3) is 0 Å². The van der Waals surface area contributed by atoms with Crippen molar-refractivity contribution in [3.05, 3.63) is 39.9 Å². The zero-order valence-electron chi connectivity index (χ0n) is 18.0.